The molecule has 0 spiro atoms. The van der Waals surface area contributed by atoms with Gasteiger partial charge in [-0.3, -0.25) is 14.4 Å². The summed E-state index contributed by atoms with van der Waals surface area (Å²) < 4.78 is 39.2. The van der Waals surface area contributed by atoms with Gasteiger partial charge in [-0.2, -0.15) is 27.0 Å². The summed E-state index contributed by atoms with van der Waals surface area (Å²) in [7, 11) is 0. The van der Waals surface area contributed by atoms with Crippen LogP contribution in [0, 0.1) is 23.4 Å². The Bertz CT molecular complexity index is 665. The van der Waals surface area contributed by atoms with E-state index in [1.54, 1.807) is 6.92 Å². The average molecular weight is 396 g/mol. The Balaban J connectivity index is 0.00000288. The topological polar surface area (TPSA) is 66.5 Å². The van der Waals surface area contributed by atoms with Crippen LogP contribution < -0.4 is 5.32 Å². The lowest BCUT2D eigenvalue weighted by Gasteiger charge is -2.23. The molecule has 1 aromatic rings. The first-order chi connectivity index (χ1) is 10.7. The van der Waals surface area contributed by atoms with Gasteiger partial charge in [-0.05, 0) is 13.3 Å². The first-order valence-electron chi connectivity index (χ1n) is 6.99. The molecule has 2 rings (SSSR count). The number of carbonyl (C=O) groups excluding carboxylic acids is 3. The molecule has 1 aliphatic rings. The molecule has 0 bridgehead atoms. The number of carbonyl (C=O) groups is 3. The highest BCUT2D eigenvalue weighted by Gasteiger charge is 2.39. The Morgan fingerprint density at radius 3 is 2.12 bits per heavy atom. The summed E-state index contributed by atoms with van der Waals surface area (Å²) in [6.07, 6.45) is 0.318. The molecule has 0 unspecified atom stereocenters. The molecule has 0 aromatic heterocycles. The number of anilines is 1. The monoisotopic (exact) mass is 396 g/mol. The Morgan fingerprint density at radius 1 is 1.12 bits per heavy atom. The van der Waals surface area contributed by atoms with E-state index < -0.39 is 47.0 Å². The molecule has 1 fully saturated rings. The van der Waals surface area contributed by atoms with Gasteiger partial charge < -0.3 is 10.2 Å². The van der Waals surface area contributed by atoms with Crippen molar-refractivity contribution in [3.8, 4) is 0 Å². The van der Waals surface area contributed by atoms with Crippen LogP contribution in [-0.2, 0) is 14.4 Å². The van der Waals surface area contributed by atoms with Crippen LogP contribution in [0.1, 0.15) is 20.3 Å². The molecule has 2 atom stereocenters. The quantitative estimate of drug-likeness (QED) is 0.629. The highest BCUT2D eigenvalue weighted by molar-refractivity contribution is 7.59. The summed E-state index contributed by atoms with van der Waals surface area (Å²) in [5.74, 6) is -6.92. The van der Waals surface area contributed by atoms with Crippen LogP contribution >= 0.6 is 27.0 Å². The molecule has 0 saturated carbocycles. The zero-order valence-corrected chi connectivity index (χ0v) is 15.5. The van der Waals surface area contributed by atoms with Crippen LogP contribution in [0.25, 0.3) is 0 Å². The molecule has 1 saturated heterocycles. The van der Waals surface area contributed by atoms with E-state index in [1.807, 2.05) is 0 Å². The highest BCUT2D eigenvalue weighted by atomic mass is 32.1. The largest absolute Gasteiger partial charge is 0.333 e. The summed E-state index contributed by atoms with van der Waals surface area (Å²) in [6, 6.07) is 0.824. The first kappa shape index (κ1) is 23.3. The molecular formula is C15H19F3N2O3S2. The first-order valence-corrected chi connectivity index (χ1v) is 6.99. The zero-order valence-electron chi connectivity index (χ0n) is 13.5. The number of rotatable bonds is 3. The van der Waals surface area contributed by atoms with Crippen molar-refractivity contribution < 1.29 is 27.6 Å². The molecule has 1 aliphatic heterocycles. The lowest BCUT2D eigenvalue weighted by atomic mass is 10.0. The molecule has 1 heterocycles. The zero-order chi connectivity index (χ0) is 17.3. The fourth-order valence-corrected chi connectivity index (χ4v) is 2.64. The van der Waals surface area contributed by atoms with Crippen molar-refractivity contribution >= 4 is 50.3 Å². The number of hydrogen-bond donors (Lipinski definition) is 1. The Kier molecular flexibility index (Phi) is 8.52. The van der Waals surface area contributed by atoms with E-state index in [2.05, 4.69) is 5.32 Å². The van der Waals surface area contributed by atoms with Gasteiger partial charge in [-0.15, -0.1) is 0 Å². The van der Waals surface area contributed by atoms with Gasteiger partial charge in [-0.25, -0.2) is 13.2 Å². The maximum Gasteiger partial charge on any atom is 0.289 e. The van der Waals surface area contributed by atoms with E-state index >= 15 is 0 Å². The van der Waals surface area contributed by atoms with Crippen LogP contribution in [0.4, 0.5) is 18.9 Å². The molecule has 0 aliphatic carbocycles. The maximum atomic E-state index is 13.1. The third kappa shape index (κ3) is 4.91. The molecule has 140 valence electrons. The number of halogens is 3. The molecule has 1 aromatic carbocycles. The van der Waals surface area contributed by atoms with E-state index in [9.17, 15) is 27.6 Å². The lowest BCUT2D eigenvalue weighted by Crippen LogP contribution is -2.41. The third-order valence-electron chi connectivity index (χ3n) is 3.91. The van der Waals surface area contributed by atoms with Crippen LogP contribution in [0.15, 0.2) is 12.1 Å². The Hall–Kier alpha value is -1.68. The maximum absolute atomic E-state index is 13.1. The number of hydrogen-bond acceptors (Lipinski definition) is 3. The number of ketones is 1. The number of benzene rings is 1. The van der Waals surface area contributed by atoms with Gasteiger partial charge in [0.25, 0.3) is 5.91 Å². The van der Waals surface area contributed by atoms with E-state index in [4.69, 9.17) is 0 Å². The minimum atomic E-state index is -1.62. The lowest BCUT2D eigenvalue weighted by molar-refractivity contribution is -0.144. The molecule has 25 heavy (non-hydrogen) atoms. The number of likely N-dealkylation sites (tertiary alicyclic amines) is 1. The van der Waals surface area contributed by atoms with Crippen molar-refractivity contribution in [2.45, 2.75) is 26.3 Å². The molecule has 1 N–H and O–H groups in total. The van der Waals surface area contributed by atoms with Gasteiger partial charge in [0.15, 0.2) is 17.5 Å². The van der Waals surface area contributed by atoms with Gasteiger partial charge in [0.1, 0.15) is 0 Å². The molecule has 5 nitrogen and oxygen atoms in total. The van der Waals surface area contributed by atoms with Crippen LogP contribution in [-0.4, -0.2) is 35.1 Å². The second-order valence-corrected chi connectivity index (χ2v) is 5.43. The molecule has 10 heteroatoms. The van der Waals surface area contributed by atoms with E-state index in [-0.39, 0.29) is 39.2 Å². The predicted octanol–water partition coefficient (Wildman–Crippen LogP) is 2.09. The fraction of sp³-hybridized carbons (Fsp3) is 0.400. The SMILES string of the molecule is CC(=O)C(=O)N1CC[C@H](C(=O)Nc2cc(F)c(F)c(F)c2)[C@@H]1C.S.S. The van der Waals surface area contributed by atoms with Gasteiger partial charge in [0, 0.05) is 37.3 Å². The van der Waals surface area contributed by atoms with E-state index in [0.717, 1.165) is 6.92 Å². The Morgan fingerprint density at radius 2 is 1.64 bits per heavy atom. The van der Waals surface area contributed by atoms with Gasteiger partial charge in [0.2, 0.25) is 11.7 Å². The van der Waals surface area contributed by atoms with Crippen molar-refractivity contribution in [1.29, 1.82) is 0 Å². The minimum Gasteiger partial charge on any atom is -0.333 e. The Labute approximate surface area is 156 Å². The van der Waals surface area contributed by atoms with Crippen molar-refractivity contribution in [1.82, 2.24) is 4.90 Å². The van der Waals surface area contributed by atoms with Gasteiger partial charge in [0.05, 0.1) is 5.92 Å². The van der Waals surface area contributed by atoms with Crippen molar-refractivity contribution in [2.75, 3.05) is 11.9 Å². The van der Waals surface area contributed by atoms with E-state index in [1.165, 1.54) is 4.90 Å². The van der Waals surface area contributed by atoms with Gasteiger partial charge in [-0.1, -0.05) is 0 Å². The van der Waals surface area contributed by atoms with Crippen molar-refractivity contribution in [3.63, 3.8) is 0 Å². The summed E-state index contributed by atoms with van der Waals surface area (Å²) >= 11 is 0. The number of Topliss-reactive ketones (excluding diaryl/α,β-unsaturated/α-hetero) is 1. The summed E-state index contributed by atoms with van der Waals surface area (Å²) in [5, 5.41) is 2.30. The van der Waals surface area contributed by atoms with Crippen LogP contribution in [0.5, 0.6) is 0 Å². The number of amides is 2. The summed E-state index contributed by atoms with van der Waals surface area (Å²) in [6.45, 7) is 3.00. The van der Waals surface area contributed by atoms with E-state index in [0.29, 0.717) is 18.6 Å². The predicted molar refractivity (Wildman–Crippen MR) is 95.7 cm³/mol. The molecular weight excluding hydrogens is 377 g/mol. The van der Waals surface area contributed by atoms with Crippen molar-refractivity contribution in [2.24, 2.45) is 5.92 Å². The molecule has 0 radical (unpaired) electrons. The second kappa shape index (κ2) is 9.14. The van der Waals surface area contributed by atoms with Gasteiger partial charge >= 0.3 is 0 Å². The molecule has 2 amide bonds. The smallest absolute Gasteiger partial charge is 0.289 e. The normalized spacial score (nSPS) is 18.8. The number of nitrogens with zero attached hydrogens (tertiary/aromatic N) is 1. The van der Waals surface area contributed by atoms with Crippen LogP contribution in [0.2, 0.25) is 0 Å². The standard InChI is InChI=1S/C15H15F3N2O3.2H2S/c1-7-10(3-4-20(7)15(23)8(2)21)14(22)19-9-5-11(16)13(18)12(17)6-9;;/h5-7,10H,3-4H2,1-2H3,(H,19,22);2*1H2/t7-,10-;;/m0../s1. The summed E-state index contributed by atoms with van der Waals surface area (Å²) in [4.78, 5) is 36.3. The van der Waals surface area contributed by atoms with Crippen molar-refractivity contribution in [3.05, 3.63) is 29.6 Å². The van der Waals surface area contributed by atoms with Crippen LogP contribution in [0.3, 0.4) is 0 Å². The number of nitrogens with one attached hydrogen (secondary N) is 1. The average Bonchev–Trinajstić information content (AvgIpc) is 2.85. The fourth-order valence-electron chi connectivity index (χ4n) is 2.64. The third-order valence-corrected chi connectivity index (χ3v) is 3.91. The minimum absolute atomic E-state index is 0. The second-order valence-electron chi connectivity index (χ2n) is 5.43. The highest BCUT2D eigenvalue weighted by Crippen LogP contribution is 2.26. The summed E-state index contributed by atoms with van der Waals surface area (Å²) in [5.41, 5.74) is -0.213.